The van der Waals surface area contributed by atoms with Gasteiger partial charge in [-0.1, -0.05) is 96.3 Å². The predicted octanol–water partition coefficient (Wildman–Crippen LogP) is 7.59. The molecule has 0 saturated carbocycles. The largest absolute Gasteiger partial charge is 0.490 e. The molecule has 1 aliphatic heterocycles. The molecule has 0 amide bonds. The van der Waals surface area contributed by atoms with Crippen LogP contribution in [0.3, 0.4) is 0 Å². The van der Waals surface area contributed by atoms with Gasteiger partial charge in [-0.2, -0.15) is 0 Å². The number of ether oxygens (including phenoxy) is 2. The fraction of sp³-hybridized carbons (Fsp3) is 0.150. The van der Waals surface area contributed by atoms with E-state index in [1.54, 1.807) is 16.7 Å². The minimum atomic E-state index is -0.360. The van der Waals surface area contributed by atoms with Gasteiger partial charge in [0.2, 0.25) is 0 Å². The van der Waals surface area contributed by atoms with E-state index >= 15 is 0 Å². The quantitative estimate of drug-likeness (QED) is 0.181. The molecule has 1 aliphatic carbocycles. The first-order valence-corrected chi connectivity index (χ1v) is 16.6. The Balaban J connectivity index is 1.19. The molecular weight excluding hydrogens is 608 g/mol. The van der Waals surface area contributed by atoms with Crippen LogP contribution in [0.25, 0.3) is 22.5 Å². The van der Waals surface area contributed by atoms with E-state index in [4.69, 9.17) is 14.5 Å². The Bertz CT molecular complexity index is 2370. The van der Waals surface area contributed by atoms with Gasteiger partial charge in [-0.15, -0.1) is 0 Å². The van der Waals surface area contributed by atoms with Crippen molar-refractivity contribution in [1.29, 1.82) is 0 Å². The Morgan fingerprint density at radius 1 is 0.894 bits per heavy atom. The topological polar surface area (TPSA) is 52.8 Å². The second-order valence-corrected chi connectivity index (χ2v) is 12.7. The van der Waals surface area contributed by atoms with Crippen LogP contribution >= 0.6 is 11.3 Å². The first-order valence-electron chi connectivity index (χ1n) is 15.8. The maximum atomic E-state index is 14.2. The zero-order valence-corrected chi connectivity index (χ0v) is 26.6. The summed E-state index contributed by atoms with van der Waals surface area (Å²) in [5.74, 6) is 0.950. The molecular formula is C40H31FN2O3S. The van der Waals surface area contributed by atoms with Crippen LogP contribution in [-0.2, 0) is 13.0 Å². The SMILES string of the molecule is CCOc1cc(/C=c2\sc3n(c2=O)[C@H](c2ccc(F)cc2)C2=C(N=3)c3ccccc3CC2)ccc1OCc1cccc2ccccc12. The van der Waals surface area contributed by atoms with E-state index in [9.17, 15) is 9.18 Å². The van der Waals surface area contributed by atoms with E-state index in [2.05, 4.69) is 42.5 Å². The molecule has 2 heterocycles. The third kappa shape index (κ3) is 5.36. The minimum absolute atomic E-state index is 0.122. The van der Waals surface area contributed by atoms with Crippen molar-refractivity contribution in [1.82, 2.24) is 4.57 Å². The summed E-state index contributed by atoms with van der Waals surface area (Å²) in [7, 11) is 0. The Kier molecular flexibility index (Phi) is 7.54. The maximum Gasteiger partial charge on any atom is 0.271 e. The summed E-state index contributed by atoms with van der Waals surface area (Å²) in [5.41, 5.74) is 7.01. The zero-order valence-electron chi connectivity index (χ0n) is 25.8. The second kappa shape index (κ2) is 12.2. The van der Waals surface area contributed by atoms with Crippen LogP contribution in [0.15, 0.2) is 125 Å². The zero-order chi connectivity index (χ0) is 31.9. The highest BCUT2D eigenvalue weighted by molar-refractivity contribution is 7.07. The minimum Gasteiger partial charge on any atom is -0.490 e. The summed E-state index contributed by atoms with van der Waals surface area (Å²) in [6, 6.07) is 34.7. The summed E-state index contributed by atoms with van der Waals surface area (Å²) in [4.78, 5) is 19.9. The highest BCUT2D eigenvalue weighted by Crippen LogP contribution is 2.41. The number of hydrogen-bond acceptors (Lipinski definition) is 5. The van der Waals surface area contributed by atoms with E-state index < -0.39 is 0 Å². The van der Waals surface area contributed by atoms with Crippen molar-refractivity contribution < 1.29 is 13.9 Å². The van der Waals surface area contributed by atoms with Crippen LogP contribution in [0.2, 0.25) is 0 Å². The van der Waals surface area contributed by atoms with Gasteiger partial charge in [0.15, 0.2) is 16.3 Å². The molecule has 0 bridgehead atoms. The highest BCUT2D eigenvalue weighted by Gasteiger charge is 2.32. The first-order chi connectivity index (χ1) is 23.1. The lowest BCUT2D eigenvalue weighted by Gasteiger charge is -2.30. The van der Waals surface area contributed by atoms with E-state index in [-0.39, 0.29) is 17.4 Å². The molecule has 1 aromatic heterocycles. The number of aromatic nitrogens is 1. The van der Waals surface area contributed by atoms with E-state index in [1.165, 1.54) is 34.4 Å². The lowest BCUT2D eigenvalue weighted by molar-refractivity contribution is 0.270. The molecule has 232 valence electrons. The van der Waals surface area contributed by atoms with Crippen LogP contribution in [0.4, 0.5) is 4.39 Å². The molecule has 0 unspecified atom stereocenters. The summed E-state index contributed by atoms with van der Waals surface area (Å²) in [6.07, 6.45) is 3.53. The van der Waals surface area contributed by atoms with Crippen LogP contribution < -0.4 is 24.4 Å². The lowest BCUT2D eigenvalue weighted by atomic mass is 9.83. The molecule has 1 atom stereocenters. The molecule has 0 spiro atoms. The number of nitrogens with zero attached hydrogens (tertiary/aromatic N) is 2. The molecule has 0 saturated heterocycles. The van der Waals surface area contributed by atoms with E-state index in [0.717, 1.165) is 51.8 Å². The molecule has 5 nitrogen and oxygen atoms in total. The Morgan fingerprint density at radius 2 is 1.70 bits per heavy atom. The molecule has 47 heavy (non-hydrogen) atoms. The average molecular weight is 639 g/mol. The number of allylic oxidation sites excluding steroid dienone is 1. The number of halogens is 1. The summed E-state index contributed by atoms with van der Waals surface area (Å²) >= 11 is 1.37. The first kappa shape index (κ1) is 29.2. The summed E-state index contributed by atoms with van der Waals surface area (Å²) in [6.45, 7) is 2.81. The van der Waals surface area contributed by atoms with Crippen LogP contribution in [0.5, 0.6) is 11.5 Å². The molecule has 6 aromatic rings. The van der Waals surface area contributed by atoms with E-state index in [1.807, 2.05) is 55.5 Å². The summed E-state index contributed by atoms with van der Waals surface area (Å²) in [5, 5.41) is 2.33. The number of hydrogen-bond donors (Lipinski definition) is 0. The van der Waals surface area contributed by atoms with Crippen molar-refractivity contribution in [2.75, 3.05) is 6.61 Å². The number of thiazole rings is 1. The smallest absolute Gasteiger partial charge is 0.271 e. The van der Waals surface area contributed by atoms with Crippen molar-refractivity contribution >= 4 is 33.9 Å². The van der Waals surface area contributed by atoms with Crippen molar-refractivity contribution in [2.24, 2.45) is 4.99 Å². The van der Waals surface area contributed by atoms with Gasteiger partial charge in [0.25, 0.3) is 5.56 Å². The fourth-order valence-corrected chi connectivity index (χ4v) is 7.70. The van der Waals surface area contributed by atoms with Crippen LogP contribution in [0.1, 0.15) is 47.2 Å². The molecule has 5 aromatic carbocycles. The number of aryl methyl sites for hydroxylation is 1. The Labute approximate surface area is 275 Å². The standard InChI is InChI=1S/C40H31FN2O3S/c1-2-45-35-22-25(14-21-34(35)46-24-29-11-7-10-26-8-3-5-12-31(26)29)23-36-39(44)43-38(28-15-18-30(41)19-16-28)33-20-17-27-9-4-6-13-32(27)37(33)42-40(43)47-36/h3-16,18-19,21-23,38H,2,17,20,24H2,1H3/b36-23-/t38-/m1/s1. The van der Waals surface area contributed by atoms with Gasteiger partial charge in [0.05, 0.1) is 22.9 Å². The van der Waals surface area contributed by atoms with Crippen molar-refractivity contribution in [3.63, 3.8) is 0 Å². The Morgan fingerprint density at radius 3 is 2.57 bits per heavy atom. The van der Waals surface area contributed by atoms with Gasteiger partial charge in [-0.25, -0.2) is 9.38 Å². The van der Waals surface area contributed by atoms with Gasteiger partial charge in [-0.3, -0.25) is 9.36 Å². The summed E-state index contributed by atoms with van der Waals surface area (Å²) < 4.78 is 28.6. The van der Waals surface area contributed by atoms with Gasteiger partial charge in [0.1, 0.15) is 12.4 Å². The van der Waals surface area contributed by atoms with Gasteiger partial charge in [0, 0.05) is 5.56 Å². The number of benzene rings is 5. The van der Waals surface area contributed by atoms with Gasteiger partial charge in [-0.05, 0) is 88.7 Å². The second-order valence-electron chi connectivity index (χ2n) is 11.7. The van der Waals surface area contributed by atoms with Gasteiger partial charge >= 0.3 is 0 Å². The average Bonchev–Trinajstić information content (AvgIpc) is 3.41. The Hall–Kier alpha value is -5.27. The van der Waals surface area contributed by atoms with Gasteiger partial charge < -0.3 is 9.47 Å². The molecule has 2 aliphatic rings. The molecule has 0 N–H and O–H groups in total. The highest BCUT2D eigenvalue weighted by atomic mass is 32.1. The monoisotopic (exact) mass is 638 g/mol. The number of fused-ring (bicyclic) bond motifs is 4. The fourth-order valence-electron chi connectivity index (χ4n) is 6.69. The predicted molar refractivity (Wildman–Crippen MR) is 185 cm³/mol. The maximum absolute atomic E-state index is 14.2. The van der Waals surface area contributed by atoms with Crippen molar-refractivity contribution in [3.05, 3.63) is 168 Å². The van der Waals surface area contributed by atoms with E-state index in [0.29, 0.717) is 34.0 Å². The molecule has 8 rings (SSSR count). The third-order valence-corrected chi connectivity index (χ3v) is 9.87. The van der Waals surface area contributed by atoms with Crippen LogP contribution in [0, 0.1) is 5.82 Å². The molecule has 7 heteroatoms. The molecule has 0 fully saturated rings. The normalized spacial score (nSPS) is 15.5. The molecule has 0 radical (unpaired) electrons. The van der Waals surface area contributed by atoms with Crippen molar-refractivity contribution in [3.8, 4) is 11.5 Å². The van der Waals surface area contributed by atoms with Crippen LogP contribution in [-0.4, -0.2) is 11.2 Å². The third-order valence-electron chi connectivity index (χ3n) is 8.89. The van der Waals surface area contributed by atoms with Crippen molar-refractivity contribution in [2.45, 2.75) is 32.4 Å². The number of rotatable bonds is 7. The lowest BCUT2D eigenvalue weighted by Crippen LogP contribution is -2.38.